The molecule has 5 aromatic rings. The summed E-state index contributed by atoms with van der Waals surface area (Å²) in [5.41, 5.74) is 20.0. The van der Waals surface area contributed by atoms with E-state index in [2.05, 4.69) is 40.7 Å². The molecule has 0 aliphatic heterocycles. The first-order chi connectivity index (χ1) is 18.8. The number of aromatic nitrogens is 4. The van der Waals surface area contributed by atoms with Gasteiger partial charge in [-0.15, -0.1) is 0 Å². The van der Waals surface area contributed by atoms with Gasteiger partial charge in [0, 0.05) is 23.1 Å². The summed E-state index contributed by atoms with van der Waals surface area (Å²) in [6.07, 6.45) is 5.68. The third kappa shape index (κ3) is 4.94. The number of benzene rings is 2. The third-order valence-corrected chi connectivity index (χ3v) is 6.79. The molecule has 196 valence electrons. The fraction of sp³-hybridized carbons (Fsp3) is 0.167. The number of aromatic hydroxyl groups is 1. The van der Waals surface area contributed by atoms with Gasteiger partial charge in [0.05, 0.1) is 11.1 Å². The van der Waals surface area contributed by atoms with Crippen molar-refractivity contribution in [1.29, 1.82) is 0 Å². The second kappa shape index (κ2) is 10.4. The van der Waals surface area contributed by atoms with E-state index in [1.165, 1.54) is 42.2 Å². The number of pyridine rings is 2. The number of rotatable bonds is 4. The molecular weight excluding hydrogens is 492 g/mol. The summed E-state index contributed by atoms with van der Waals surface area (Å²) >= 11 is 0. The van der Waals surface area contributed by atoms with Gasteiger partial charge in [-0.25, -0.2) is 15.0 Å². The van der Waals surface area contributed by atoms with Gasteiger partial charge in [0.15, 0.2) is 17.8 Å². The van der Waals surface area contributed by atoms with Gasteiger partial charge in [0.2, 0.25) is 5.91 Å². The SMILES string of the molecule is Cc1cc(C)c2nc(-c3cccnc3N)n(-c3ccc4c(c3)CCC4)c2n1.NC(=O)c1ccc(O)c(C=O)c1. The highest BCUT2D eigenvalue weighted by Crippen LogP contribution is 2.33. The summed E-state index contributed by atoms with van der Waals surface area (Å²) in [7, 11) is 0. The van der Waals surface area contributed by atoms with Crippen LogP contribution in [0, 0.1) is 13.8 Å². The van der Waals surface area contributed by atoms with Gasteiger partial charge in [0.25, 0.3) is 0 Å². The van der Waals surface area contributed by atoms with E-state index in [1.807, 2.05) is 19.1 Å². The Kier molecular flexibility index (Phi) is 6.81. The number of nitrogens with two attached hydrogens (primary N) is 2. The van der Waals surface area contributed by atoms with Gasteiger partial charge in [-0.3, -0.25) is 14.2 Å². The van der Waals surface area contributed by atoms with Gasteiger partial charge in [-0.05, 0) is 98.3 Å². The number of hydrogen-bond acceptors (Lipinski definition) is 7. The number of aryl methyl sites for hydroxylation is 4. The minimum Gasteiger partial charge on any atom is -0.507 e. The molecule has 39 heavy (non-hydrogen) atoms. The highest BCUT2D eigenvalue weighted by atomic mass is 16.3. The van der Waals surface area contributed by atoms with Crippen molar-refractivity contribution in [3.63, 3.8) is 0 Å². The number of hydrogen-bond donors (Lipinski definition) is 3. The molecule has 0 spiro atoms. The Morgan fingerprint density at radius 3 is 2.56 bits per heavy atom. The zero-order valence-corrected chi connectivity index (χ0v) is 21.7. The number of nitrogen functional groups attached to an aromatic ring is 1. The summed E-state index contributed by atoms with van der Waals surface area (Å²) in [4.78, 5) is 34.9. The number of aldehydes is 1. The van der Waals surface area contributed by atoms with Crippen LogP contribution in [0.5, 0.6) is 5.75 Å². The number of phenols is 1. The number of phenolic OH excluding ortho intramolecular Hbond substituents is 1. The Morgan fingerprint density at radius 1 is 1.03 bits per heavy atom. The number of anilines is 1. The second-order valence-electron chi connectivity index (χ2n) is 9.52. The largest absolute Gasteiger partial charge is 0.507 e. The smallest absolute Gasteiger partial charge is 0.248 e. The van der Waals surface area contributed by atoms with Crippen molar-refractivity contribution in [2.24, 2.45) is 5.73 Å². The van der Waals surface area contributed by atoms with Crippen LogP contribution in [-0.2, 0) is 12.8 Å². The first-order valence-electron chi connectivity index (χ1n) is 12.5. The minimum atomic E-state index is -0.627. The molecule has 3 aromatic heterocycles. The number of nitrogens with zero attached hydrogens (tertiary/aromatic N) is 4. The van der Waals surface area contributed by atoms with Gasteiger partial charge < -0.3 is 16.6 Å². The maximum absolute atomic E-state index is 10.6. The van der Waals surface area contributed by atoms with Crippen molar-refractivity contribution in [2.75, 3.05) is 5.73 Å². The molecule has 1 aliphatic carbocycles. The van der Waals surface area contributed by atoms with Crippen LogP contribution in [-0.4, -0.2) is 36.8 Å². The minimum absolute atomic E-state index is 0.0614. The van der Waals surface area contributed by atoms with E-state index in [0.717, 1.165) is 45.9 Å². The molecule has 0 radical (unpaired) electrons. The molecular formula is C30H28N6O3. The van der Waals surface area contributed by atoms with E-state index in [0.29, 0.717) is 12.1 Å². The lowest BCUT2D eigenvalue weighted by molar-refractivity contribution is 0.1000. The fourth-order valence-corrected chi connectivity index (χ4v) is 4.89. The molecule has 1 amide bonds. The van der Waals surface area contributed by atoms with Crippen molar-refractivity contribution in [3.8, 4) is 22.8 Å². The van der Waals surface area contributed by atoms with Crippen LogP contribution < -0.4 is 11.5 Å². The van der Waals surface area contributed by atoms with E-state index in [-0.39, 0.29) is 16.9 Å². The van der Waals surface area contributed by atoms with Crippen LogP contribution in [0.3, 0.4) is 0 Å². The zero-order valence-electron chi connectivity index (χ0n) is 21.7. The van der Waals surface area contributed by atoms with Crippen molar-refractivity contribution in [3.05, 3.63) is 94.3 Å². The average Bonchev–Trinajstić information content (AvgIpc) is 3.54. The second-order valence-corrected chi connectivity index (χ2v) is 9.52. The van der Waals surface area contributed by atoms with Crippen LogP contribution in [0.4, 0.5) is 5.82 Å². The molecule has 2 aromatic carbocycles. The summed E-state index contributed by atoms with van der Waals surface area (Å²) in [6.45, 7) is 4.10. The lowest BCUT2D eigenvalue weighted by Gasteiger charge is -2.12. The lowest BCUT2D eigenvalue weighted by atomic mass is 10.1. The predicted octanol–water partition coefficient (Wildman–Crippen LogP) is 4.47. The van der Waals surface area contributed by atoms with Crippen LogP contribution in [0.2, 0.25) is 0 Å². The monoisotopic (exact) mass is 520 g/mol. The first kappa shape index (κ1) is 25.6. The summed E-state index contributed by atoms with van der Waals surface area (Å²) in [6, 6.07) is 16.5. The van der Waals surface area contributed by atoms with Crippen LogP contribution in [0.1, 0.15) is 49.5 Å². The molecule has 0 saturated carbocycles. The molecule has 0 bridgehead atoms. The molecule has 5 N–H and O–H groups in total. The average molecular weight is 521 g/mol. The Labute approximate surface area is 225 Å². The van der Waals surface area contributed by atoms with Crippen molar-refractivity contribution >= 4 is 29.2 Å². The molecule has 0 atom stereocenters. The van der Waals surface area contributed by atoms with Gasteiger partial charge in [0.1, 0.15) is 17.1 Å². The standard InChI is InChI=1S/C22H21N5.C8H7NO3/c1-13-11-14(2)25-22-19(13)26-21(18-7-4-10-24-20(18)23)27(22)17-9-8-15-5-3-6-16(15)12-17;9-8(12)5-1-2-7(11)6(3-5)4-10/h4,7-12H,3,5-6H2,1-2H3,(H2,23,24);1-4,11H,(H2,9,12). The van der Waals surface area contributed by atoms with Crippen LogP contribution >= 0.6 is 0 Å². The topological polar surface area (TPSA) is 150 Å². The van der Waals surface area contributed by atoms with Crippen molar-refractivity contribution in [1.82, 2.24) is 19.5 Å². The number of primary amides is 1. The molecule has 9 heteroatoms. The maximum atomic E-state index is 10.6. The molecule has 9 nitrogen and oxygen atoms in total. The fourth-order valence-electron chi connectivity index (χ4n) is 4.89. The van der Waals surface area contributed by atoms with E-state index in [4.69, 9.17) is 26.5 Å². The van der Waals surface area contributed by atoms with Gasteiger partial charge >= 0.3 is 0 Å². The van der Waals surface area contributed by atoms with E-state index in [9.17, 15) is 9.59 Å². The molecule has 0 fully saturated rings. The quantitative estimate of drug-likeness (QED) is 0.296. The highest BCUT2D eigenvalue weighted by Gasteiger charge is 2.21. The van der Waals surface area contributed by atoms with E-state index in [1.54, 1.807) is 6.20 Å². The number of imidazole rings is 1. The number of fused-ring (bicyclic) bond motifs is 2. The maximum Gasteiger partial charge on any atom is 0.248 e. The van der Waals surface area contributed by atoms with E-state index < -0.39 is 5.91 Å². The first-order valence-corrected chi connectivity index (χ1v) is 12.5. The van der Waals surface area contributed by atoms with Crippen molar-refractivity contribution < 1.29 is 14.7 Å². The Morgan fingerprint density at radius 2 is 1.82 bits per heavy atom. The number of carbonyl (C=O) groups is 2. The van der Waals surface area contributed by atoms with Gasteiger partial charge in [-0.2, -0.15) is 0 Å². The van der Waals surface area contributed by atoms with Gasteiger partial charge in [-0.1, -0.05) is 6.07 Å². The highest BCUT2D eigenvalue weighted by molar-refractivity contribution is 5.95. The zero-order chi connectivity index (χ0) is 27.7. The molecule has 0 saturated heterocycles. The van der Waals surface area contributed by atoms with Crippen LogP contribution in [0.15, 0.2) is 60.8 Å². The molecule has 1 aliphatic rings. The predicted molar refractivity (Wildman–Crippen MR) is 150 cm³/mol. The summed E-state index contributed by atoms with van der Waals surface area (Å²) < 4.78 is 2.13. The summed E-state index contributed by atoms with van der Waals surface area (Å²) in [5.74, 6) is 0.479. The number of carbonyl (C=O) groups excluding carboxylic acids is 2. The van der Waals surface area contributed by atoms with E-state index >= 15 is 0 Å². The molecule has 3 heterocycles. The summed E-state index contributed by atoms with van der Waals surface area (Å²) in [5, 5.41) is 9.03. The van der Waals surface area contributed by atoms with Crippen molar-refractivity contribution in [2.45, 2.75) is 33.1 Å². The Balaban J connectivity index is 0.000000217. The molecule has 0 unspecified atom stereocenters. The normalized spacial score (nSPS) is 12.1. The molecule has 6 rings (SSSR count). The van der Waals surface area contributed by atoms with Crippen LogP contribution in [0.25, 0.3) is 28.2 Å². The number of amides is 1. The third-order valence-electron chi connectivity index (χ3n) is 6.79. The Bertz CT molecular complexity index is 1740. The lowest BCUT2D eigenvalue weighted by Crippen LogP contribution is -2.10. The Hall–Kier alpha value is -5.05.